The monoisotopic (exact) mass is 111 g/mol. The molecule has 0 aromatic carbocycles. The summed E-state index contributed by atoms with van der Waals surface area (Å²) in [6.45, 7) is 0. The molecule has 2 nitrogen and oxygen atoms in total. The topological polar surface area (TPSA) is 26.1 Å². The molecule has 0 unspecified atom stereocenters. The SMILES string of the molecule is C[N+]([O-])=C=C1CCC1. The van der Waals surface area contributed by atoms with Crippen LogP contribution < -0.4 is 0 Å². The molecule has 0 heterocycles. The summed E-state index contributed by atoms with van der Waals surface area (Å²) in [4.78, 5) is 0. The van der Waals surface area contributed by atoms with E-state index in [1.807, 2.05) is 0 Å². The first kappa shape index (κ1) is 5.39. The molecule has 0 aliphatic heterocycles. The Morgan fingerprint density at radius 2 is 2.25 bits per heavy atom. The second kappa shape index (κ2) is 2.01. The van der Waals surface area contributed by atoms with Gasteiger partial charge in [0.05, 0.1) is 0 Å². The fourth-order valence-corrected chi connectivity index (χ4v) is 0.688. The van der Waals surface area contributed by atoms with Crippen molar-refractivity contribution >= 4 is 5.87 Å². The maximum absolute atomic E-state index is 10.2. The van der Waals surface area contributed by atoms with Crippen molar-refractivity contribution in [3.05, 3.63) is 10.8 Å². The fourth-order valence-electron chi connectivity index (χ4n) is 0.688. The quantitative estimate of drug-likeness (QED) is 0.197. The molecule has 0 radical (unpaired) electrons. The van der Waals surface area contributed by atoms with Gasteiger partial charge in [-0.15, -0.1) is 0 Å². The Hall–Kier alpha value is -0.750. The molecule has 44 valence electrons. The first-order valence-corrected chi connectivity index (χ1v) is 2.81. The molecular formula is C6H9NO. The molecule has 2 heteroatoms. The van der Waals surface area contributed by atoms with Gasteiger partial charge in [-0.2, -0.15) is 4.74 Å². The molecule has 8 heavy (non-hydrogen) atoms. The lowest BCUT2D eigenvalue weighted by atomic mass is 9.94. The summed E-state index contributed by atoms with van der Waals surface area (Å²) in [7, 11) is 1.46. The van der Waals surface area contributed by atoms with E-state index >= 15 is 0 Å². The normalized spacial score (nSPS) is 16.9. The van der Waals surface area contributed by atoms with Gasteiger partial charge in [-0.1, -0.05) is 0 Å². The Morgan fingerprint density at radius 1 is 1.62 bits per heavy atom. The molecule has 0 spiro atoms. The minimum absolute atomic E-state index is 0.745. The molecule has 1 rings (SSSR count). The van der Waals surface area contributed by atoms with Crippen LogP contribution in [-0.4, -0.2) is 17.7 Å². The Labute approximate surface area is 48.7 Å². The van der Waals surface area contributed by atoms with Crippen LogP contribution in [-0.2, 0) is 0 Å². The summed E-state index contributed by atoms with van der Waals surface area (Å²) in [5, 5.41) is 10.2. The van der Waals surface area contributed by atoms with E-state index < -0.39 is 0 Å². The lowest BCUT2D eigenvalue weighted by Crippen LogP contribution is -2.01. The van der Waals surface area contributed by atoms with Crippen LogP contribution in [0.2, 0.25) is 0 Å². The summed E-state index contributed by atoms with van der Waals surface area (Å²) in [5.74, 6) is 2.67. The molecule has 0 N–H and O–H groups in total. The van der Waals surface area contributed by atoms with Gasteiger partial charge in [0.25, 0.3) is 0 Å². The van der Waals surface area contributed by atoms with Crippen LogP contribution in [0.4, 0.5) is 0 Å². The number of hydrogen-bond acceptors (Lipinski definition) is 1. The van der Waals surface area contributed by atoms with Gasteiger partial charge in [0.15, 0.2) is 12.9 Å². The zero-order valence-electron chi connectivity index (χ0n) is 4.98. The van der Waals surface area contributed by atoms with E-state index in [1.54, 1.807) is 0 Å². The zero-order chi connectivity index (χ0) is 5.98. The van der Waals surface area contributed by atoms with Gasteiger partial charge in [-0.3, -0.25) is 0 Å². The van der Waals surface area contributed by atoms with E-state index in [9.17, 15) is 5.21 Å². The molecule has 0 aromatic heterocycles. The Morgan fingerprint density at radius 3 is 2.38 bits per heavy atom. The van der Waals surface area contributed by atoms with Crippen molar-refractivity contribution in [2.75, 3.05) is 7.05 Å². The Kier molecular flexibility index (Phi) is 1.36. The summed E-state index contributed by atoms with van der Waals surface area (Å²) < 4.78 is 0.745. The second-order valence-corrected chi connectivity index (χ2v) is 2.07. The van der Waals surface area contributed by atoms with Crippen molar-refractivity contribution in [3.63, 3.8) is 0 Å². The van der Waals surface area contributed by atoms with E-state index in [-0.39, 0.29) is 0 Å². The van der Waals surface area contributed by atoms with Crippen LogP contribution in [0.15, 0.2) is 5.57 Å². The Bertz CT molecular complexity index is 144. The van der Waals surface area contributed by atoms with Gasteiger partial charge in [0.2, 0.25) is 0 Å². The van der Waals surface area contributed by atoms with E-state index in [4.69, 9.17) is 0 Å². The van der Waals surface area contributed by atoms with Gasteiger partial charge < -0.3 is 5.21 Å². The van der Waals surface area contributed by atoms with Crippen LogP contribution in [0.5, 0.6) is 0 Å². The van der Waals surface area contributed by atoms with Crippen molar-refractivity contribution in [1.29, 1.82) is 0 Å². The molecule has 0 atom stereocenters. The summed E-state index contributed by atoms with van der Waals surface area (Å²) >= 11 is 0. The van der Waals surface area contributed by atoms with E-state index in [2.05, 4.69) is 5.87 Å². The van der Waals surface area contributed by atoms with Crippen LogP contribution in [0.1, 0.15) is 19.3 Å². The minimum Gasteiger partial charge on any atom is -0.615 e. The summed E-state index contributed by atoms with van der Waals surface area (Å²) in [6.07, 6.45) is 3.38. The first-order chi connectivity index (χ1) is 3.79. The zero-order valence-corrected chi connectivity index (χ0v) is 4.98. The van der Waals surface area contributed by atoms with Crippen LogP contribution in [0, 0.1) is 5.21 Å². The molecule has 0 aromatic rings. The predicted molar refractivity (Wildman–Crippen MR) is 31.9 cm³/mol. The molecule has 1 saturated carbocycles. The average molecular weight is 111 g/mol. The maximum atomic E-state index is 10.2. The van der Waals surface area contributed by atoms with Crippen molar-refractivity contribution in [2.24, 2.45) is 0 Å². The van der Waals surface area contributed by atoms with Crippen molar-refractivity contribution in [1.82, 2.24) is 0 Å². The van der Waals surface area contributed by atoms with Crippen LogP contribution >= 0.6 is 0 Å². The summed E-state index contributed by atoms with van der Waals surface area (Å²) in [6, 6.07) is 0. The smallest absolute Gasteiger partial charge is 0.178 e. The number of hydroxylamine groups is 1. The van der Waals surface area contributed by atoms with Gasteiger partial charge in [-0.05, 0) is 19.3 Å². The van der Waals surface area contributed by atoms with Crippen molar-refractivity contribution < 1.29 is 4.74 Å². The highest BCUT2D eigenvalue weighted by molar-refractivity contribution is 5.54. The van der Waals surface area contributed by atoms with E-state index in [1.165, 1.54) is 19.0 Å². The molecule has 1 aliphatic carbocycles. The van der Waals surface area contributed by atoms with E-state index in [0.717, 1.165) is 17.6 Å². The van der Waals surface area contributed by atoms with Gasteiger partial charge >= 0.3 is 0 Å². The standard InChI is InChI=1S/C6H9NO/c1-7(8)5-6-3-2-4-6/h2-4H2,1H3. The minimum atomic E-state index is 0.745. The largest absolute Gasteiger partial charge is 0.615 e. The van der Waals surface area contributed by atoms with Gasteiger partial charge in [-0.25, -0.2) is 0 Å². The highest BCUT2D eigenvalue weighted by Gasteiger charge is 2.09. The van der Waals surface area contributed by atoms with E-state index in [0.29, 0.717) is 0 Å². The number of nitrogens with zero attached hydrogens (tertiary/aromatic N) is 1. The molecule has 1 aliphatic rings. The average Bonchev–Trinajstić information content (AvgIpc) is 1.55. The van der Waals surface area contributed by atoms with Crippen LogP contribution in [0.3, 0.4) is 0 Å². The highest BCUT2D eigenvalue weighted by Crippen LogP contribution is 2.21. The number of allylic oxidation sites excluding steroid dienone is 1. The highest BCUT2D eigenvalue weighted by atomic mass is 16.5. The first-order valence-electron chi connectivity index (χ1n) is 2.81. The third-order valence-electron chi connectivity index (χ3n) is 1.27. The molecule has 0 bridgehead atoms. The third kappa shape index (κ3) is 1.11. The lowest BCUT2D eigenvalue weighted by molar-refractivity contribution is -0.415. The summed E-state index contributed by atoms with van der Waals surface area (Å²) in [5.41, 5.74) is 1.17. The van der Waals surface area contributed by atoms with Gasteiger partial charge in [0.1, 0.15) is 0 Å². The fraction of sp³-hybridized carbons (Fsp3) is 0.667. The Balaban J connectivity index is 2.66. The second-order valence-electron chi connectivity index (χ2n) is 2.07. The lowest BCUT2D eigenvalue weighted by Gasteiger charge is -2.09. The van der Waals surface area contributed by atoms with Crippen molar-refractivity contribution in [2.45, 2.75) is 19.3 Å². The maximum Gasteiger partial charge on any atom is 0.178 e. The van der Waals surface area contributed by atoms with Crippen LogP contribution in [0.25, 0.3) is 0 Å². The predicted octanol–water partition coefficient (Wildman–Crippen LogP) is 0.906. The molecule has 0 saturated heterocycles. The molecule has 0 amide bonds. The third-order valence-corrected chi connectivity index (χ3v) is 1.27. The van der Waals surface area contributed by atoms with Crippen molar-refractivity contribution in [3.8, 4) is 0 Å². The van der Waals surface area contributed by atoms with Gasteiger partial charge in [0, 0.05) is 5.57 Å². The molecule has 1 fully saturated rings. The number of hydrogen-bond donors (Lipinski definition) is 0. The number of rotatable bonds is 0. The molecular weight excluding hydrogens is 102 g/mol.